The van der Waals surface area contributed by atoms with Crippen LogP contribution in [0.25, 0.3) is 0 Å². The van der Waals surface area contributed by atoms with Gasteiger partial charge in [0, 0.05) is 12.5 Å². The number of amides is 2. The number of benzene rings is 1. The van der Waals surface area contributed by atoms with Crippen LogP contribution >= 0.6 is 0 Å². The summed E-state index contributed by atoms with van der Waals surface area (Å²) >= 11 is 0. The van der Waals surface area contributed by atoms with Crippen LogP contribution in [0.1, 0.15) is 33.1 Å². The van der Waals surface area contributed by atoms with Crippen molar-refractivity contribution in [3.05, 3.63) is 24.0 Å². The molecule has 1 saturated heterocycles. The highest BCUT2D eigenvalue weighted by Crippen LogP contribution is 2.26. The summed E-state index contributed by atoms with van der Waals surface area (Å²) in [5, 5.41) is 8.29. The summed E-state index contributed by atoms with van der Waals surface area (Å²) in [7, 11) is 0. The molecule has 114 valence electrons. The van der Waals surface area contributed by atoms with Gasteiger partial charge in [-0.1, -0.05) is 6.07 Å². The Labute approximate surface area is 123 Å². The summed E-state index contributed by atoms with van der Waals surface area (Å²) in [5.41, 5.74) is 0.650. The van der Waals surface area contributed by atoms with E-state index in [-0.39, 0.29) is 23.5 Å². The largest absolute Gasteiger partial charge is 0.381 e. The molecule has 1 atom stereocenters. The molecule has 0 spiro atoms. The average molecular weight is 293 g/mol. The Bertz CT molecular complexity index is 546. The van der Waals surface area contributed by atoms with Crippen LogP contribution in [0.15, 0.2) is 18.2 Å². The van der Waals surface area contributed by atoms with Gasteiger partial charge in [-0.05, 0) is 38.8 Å². The number of hydrogen-bond acceptors (Lipinski definition) is 3. The third-order valence-electron chi connectivity index (χ3n) is 3.25. The fourth-order valence-corrected chi connectivity index (χ4v) is 2.29. The van der Waals surface area contributed by atoms with Gasteiger partial charge in [-0.15, -0.1) is 0 Å². The number of nitrogens with one attached hydrogen (secondary N) is 3. The van der Waals surface area contributed by atoms with Crippen LogP contribution in [0.4, 0.5) is 15.8 Å². The number of hydrogen-bond donors (Lipinski definition) is 3. The molecule has 6 heteroatoms. The molecule has 1 fully saturated rings. The first-order valence-corrected chi connectivity index (χ1v) is 7.12. The molecule has 0 saturated carbocycles. The fraction of sp³-hybridized carbons (Fsp3) is 0.467. The Morgan fingerprint density at radius 2 is 2.19 bits per heavy atom. The predicted octanol–water partition coefficient (Wildman–Crippen LogP) is 2.25. The zero-order valence-corrected chi connectivity index (χ0v) is 12.2. The van der Waals surface area contributed by atoms with E-state index in [1.165, 1.54) is 6.07 Å². The second kappa shape index (κ2) is 6.56. The van der Waals surface area contributed by atoms with E-state index in [0.717, 1.165) is 0 Å². The minimum atomic E-state index is -0.599. The van der Waals surface area contributed by atoms with Crippen LogP contribution in [0.5, 0.6) is 0 Å². The maximum absolute atomic E-state index is 14.0. The van der Waals surface area contributed by atoms with E-state index in [1.54, 1.807) is 12.1 Å². The molecule has 2 amide bonds. The van der Waals surface area contributed by atoms with E-state index >= 15 is 0 Å². The highest BCUT2D eigenvalue weighted by molar-refractivity contribution is 6.00. The van der Waals surface area contributed by atoms with Crippen molar-refractivity contribution >= 4 is 23.2 Å². The maximum Gasteiger partial charge on any atom is 0.247 e. The van der Waals surface area contributed by atoms with Crippen LogP contribution in [0.3, 0.4) is 0 Å². The Hall–Kier alpha value is -2.11. The van der Waals surface area contributed by atoms with E-state index in [0.29, 0.717) is 24.9 Å². The van der Waals surface area contributed by atoms with Crippen molar-refractivity contribution in [1.29, 1.82) is 0 Å². The van der Waals surface area contributed by atoms with Crippen LogP contribution in [-0.2, 0) is 9.59 Å². The minimum Gasteiger partial charge on any atom is -0.381 e. The van der Waals surface area contributed by atoms with E-state index in [2.05, 4.69) is 16.0 Å². The van der Waals surface area contributed by atoms with E-state index in [1.807, 2.05) is 13.8 Å². The van der Waals surface area contributed by atoms with Gasteiger partial charge in [0.05, 0.1) is 5.69 Å². The predicted molar refractivity (Wildman–Crippen MR) is 79.6 cm³/mol. The van der Waals surface area contributed by atoms with Crippen molar-refractivity contribution in [2.75, 3.05) is 10.6 Å². The molecule has 0 aliphatic carbocycles. The molecule has 0 bridgehead atoms. The standard InChI is InChI=1S/C15H20FN3O2/c1-9(2)17-11-6-3-5-10(16)14(11)19-15(21)12-7-4-8-13(20)18-12/h3,5-6,9,12,17H,4,7-8H2,1-2H3,(H,18,20)(H,19,21)/t12-/m1/s1. The lowest BCUT2D eigenvalue weighted by Gasteiger charge is -2.23. The lowest BCUT2D eigenvalue weighted by molar-refractivity contribution is -0.128. The second-order valence-corrected chi connectivity index (χ2v) is 5.46. The number of anilines is 2. The minimum absolute atomic E-state index is 0.108. The third kappa shape index (κ3) is 3.93. The number of halogens is 1. The van der Waals surface area contributed by atoms with Gasteiger partial charge >= 0.3 is 0 Å². The summed E-state index contributed by atoms with van der Waals surface area (Å²) < 4.78 is 14.0. The van der Waals surface area contributed by atoms with E-state index < -0.39 is 11.9 Å². The fourth-order valence-electron chi connectivity index (χ4n) is 2.29. The molecular formula is C15H20FN3O2. The number of piperidine rings is 1. The van der Waals surface area contributed by atoms with E-state index in [9.17, 15) is 14.0 Å². The van der Waals surface area contributed by atoms with Gasteiger partial charge in [-0.3, -0.25) is 9.59 Å². The summed E-state index contributed by atoms with van der Waals surface area (Å²) in [6.07, 6.45) is 1.67. The van der Waals surface area contributed by atoms with E-state index in [4.69, 9.17) is 0 Å². The molecule has 1 heterocycles. The Balaban J connectivity index is 2.14. The van der Waals surface area contributed by atoms with Gasteiger partial charge in [0.2, 0.25) is 11.8 Å². The smallest absolute Gasteiger partial charge is 0.247 e. The highest BCUT2D eigenvalue weighted by Gasteiger charge is 2.25. The van der Waals surface area contributed by atoms with Crippen molar-refractivity contribution in [2.45, 2.75) is 45.2 Å². The lowest BCUT2D eigenvalue weighted by Crippen LogP contribution is -2.46. The number of rotatable bonds is 4. The van der Waals surface area contributed by atoms with Crippen LogP contribution in [0.2, 0.25) is 0 Å². The summed E-state index contributed by atoms with van der Waals surface area (Å²) in [6.45, 7) is 3.86. The molecule has 21 heavy (non-hydrogen) atoms. The molecular weight excluding hydrogens is 273 g/mol. The zero-order chi connectivity index (χ0) is 15.4. The first kappa shape index (κ1) is 15.3. The molecule has 0 unspecified atom stereocenters. The molecule has 1 aromatic rings. The summed E-state index contributed by atoms with van der Waals surface area (Å²) in [5.74, 6) is -1.04. The Morgan fingerprint density at radius 3 is 2.86 bits per heavy atom. The average Bonchev–Trinajstić information content (AvgIpc) is 2.42. The van der Waals surface area contributed by atoms with Gasteiger partial charge in [-0.25, -0.2) is 4.39 Å². The van der Waals surface area contributed by atoms with Gasteiger partial charge in [0.15, 0.2) is 0 Å². The molecule has 1 aliphatic heterocycles. The van der Waals surface area contributed by atoms with Gasteiger partial charge in [0.1, 0.15) is 17.5 Å². The van der Waals surface area contributed by atoms with Gasteiger partial charge < -0.3 is 16.0 Å². The van der Waals surface area contributed by atoms with Crippen molar-refractivity contribution < 1.29 is 14.0 Å². The van der Waals surface area contributed by atoms with Crippen molar-refractivity contribution in [3.63, 3.8) is 0 Å². The highest BCUT2D eigenvalue weighted by atomic mass is 19.1. The Kier molecular flexibility index (Phi) is 4.77. The summed E-state index contributed by atoms with van der Waals surface area (Å²) in [4.78, 5) is 23.5. The lowest BCUT2D eigenvalue weighted by atomic mass is 10.0. The molecule has 0 radical (unpaired) electrons. The number of carbonyl (C=O) groups excluding carboxylic acids is 2. The topological polar surface area (TPSA) is 70.2 Å². The van der Waals surface area contributed by atoms with Gasteiger partial charge in [0.25, 0.3) is 0 Å². The first-order chi connectivity index (χ1) is 9.97. The molecule has 1 aromatic carbocycles. The van der Waals surface area contributed by atoms with Gasteiger partial charge in [-0.2, -0.15) is 0 Å². The molecule has 1 aliphatic rings. The van der Waals surface area contributed by atoms with Crippen LogP contribution < -0.4 is 16.0 Å². The maximum atomic E-state index is 14.0. The molecule has 3 N–H and O–H groups in total. The van der Waals surface area contributed by atoms with Crippen molar-refractivity contribution in [1.82, 2.24) is 5.32 Å². The third-order valence-corrected chi connectivity index (χ3v) is 3.25. The number of carbonyl (C=O) groups is 2. The number of para-hydroxylation sites is 1. The van der Waals surface area contributed by atoms with Crippen molar-refractivity contribution in [2.24, 2.45) is 0 Å². The monoisotopic (exact) mass is 293 g/mol. The zero-order valence-electron chi connectivity index (χ0n) is 12.2. The first-order valence-electron chi connectivity index (χ1n) is 7.12. The SMILES string of the molecule is CC(C)Nc1cccc(F)c1NC(=O)[C@H]1CCCC(=O)N1. The van der Waals surface area contributed by atoms with Crippen molar-refractivity contribution in [3.8, 4) is 0 Å². The quantitative estimate of drug-likeness (QED) is 0.797. The second-order valence-electron chi connectivity index (χ2n) is 5.46. The van der Waals surface area contributed by atoms with Crippen LogP contribution in [-0.4, -0.2) is 23.9 Å². The molecule has 0 aromatic heterocycles. The molecule has 2 rings (SSSR count). The van der Waals surface area contributed by atoms with Crippen LogP contribution in [0, 0.1) is 5.82 Å². The summed E-state index contributed by atoms with van der Waals surface area (Å²) in [6, 6.07) is 4.09. The normalized spacial score (nSPS) is 18.3. The molecule has 5 nitrogen and oxygen atoms in total. The Morgan fingerprint density at radius 1 is 1.43 bits per heavy atom.